The van der Waals surface area contributed by atoms with E-state index < -0.39 is 0 Å². The lowest BCUT2D eigenvalue weighted by Gasteiger charge is -1.88. The van der Waals surface area contributed by atoms with Gasteiger partial charge >= 0.3 is 0 Å². The van der Waals surface area contributed by atoms with E-state index in [1.54, 1.807) is 0 Å². The Morgan fingerprint density at radius 2 is 0.682 bits per heavy atom. The Balaban J connectivity index is 0.000000306. The van der Waals surface area contributed by atoms with Crippen molar-refractivity contribution < 1.29 is 20.4 Å². The number of phenolic OH excluding ortho intramolecular Hbond substituents is 4. The van der Waals surface area contributed by atoms with Crippen molar-refractivity contribution in [3.63, 3.8) is 0 Å². The van der Waals surface area contributed by atoms with E-state index in [9.17, 15) is 0 Å². The summed E-state index contributed by atoms with van der Waals surface area (Å²) in [6.07, 6.45) is 8.00. The number of phenols is 4. The van der Waals surface area contributed by atoms with E-state index in [1.165, 1.54) is 48.5 Å². The number of hydrogen-bond acceptors (Lipinski definition) is 4. The molecule has 0 aromatic heterocycles. The van der Waals surface area contributed by atoms with Crippen LogP contribution in [0.25, 0.3) is 0 Å². The molecule has 0 spiro atoms. The lowest BCUT2D eigenvalue weighted by atomic mass is 10.3. The van der Waals surface area contributed by atoms with Crippen molar-refractivity contribution in [1.29, 1.82) is 0 Å². The summed E-state index contributed by atoms with van der Waals surface area (Å²) in [5.74, 6) is 0.677. The minimum Gasteiger partial charge on any atom is -0.508 e. The minimum absolute atomic E-state index is 0.169. The van der Waals surface area contributed by atoms with Crippen LogP contribution in [0, 0.1) is 0 Å². The van der Waals surface area contributed by atoms with Gasteiger partial charge in [-0.15, -0.1) is 0 Å². The summed E-state index contributed by atoms with van der Waals surface area (Å²) >= 11 is 0. The minimum atomic E-state index is 0.169. The maximum absolute atomic E-state index is 8.65. The summed E-state index contributed by atoms with van der Waals surface area (Å²) in [5.41, 5.74) is 0. The van der Waals surface area contributed by atoms with E-state index in [-0.39, 0.29) is 23.0 Å². The van der Waals surface area contributed by atoms with E-state index in [0.717, 1.165) is 0 Å². The fourth-order valence-corrected chi connectivity index (χ4v) is 1.13. The standard InChI is InChI=1S/2C6H6O2.C6H10/c2*7-5-1-2-6(8)4-3-5;1-3-5-6-4-2/h2*1-4,7-8H;3-6H,1-2H3. The molecular formula is C18H22O4. The molecular weight excluding hydrogens is 280 g/mol. The molecule has 22 heavy (non-hydrogen) atoms. The number of aromatic hydroxyl groups is 4. The van der Waals surface area contributed by atoms with Crippen molar-refractivity contribution in [1.82, 2.24) is 0 Å². The van der Waals surface area contributed by atoms with Gasteiger partial charge in [0.2, 0.25) is 0 Å². The van der Waals surface area contributed by atoms with Gasteiger partial charge in [0.1, 0.15) is 23.0 Å². The zero-order valence-electron chi connectivity index (χ0n) is 12.7. The van der Waals surface area contributed by atoms with Gasteiger partial charge in [0.05, 0.1) is 0 Å². The third kappa shape index (κ3) is 11.0. The van der Waals surface area contributed by atoms with Gasteiger partial charge in [-0.05, 0) is 62.4 Å². The molecule has 2 rings (SSSR count). The van der Waals surface area contributed by atoms with E-state index in [2.05, 4.69) is 0 Å². The Hall–Kier alpha value is -2.88. The lowest BCUT2D eigenvalue weighted by molar-refractivity contribution is 0.460. The highest BCUT2D eigenvalue weighted by molar-refractivity contribution is 5.29. The second kappa shape index (κ2) is 11.9. The van der Waals surface area contributed by atoms with Crippen molar-refractivity contribution >= 4 is 0 Å². The molecule has 4 heteroatoms. The second-order valence-electron chi connectivity index (χ2n) is 4.08. The quantitative estimate of drug-likeness (QED) is 0.467. The van der Waals surface area contributed by atoms with Crippen LogP contribution >= 0.6 is 0 Å². The summed E-state index contributed by atoms with van der Waals surface area (Å²) in [5, 5.41) is 34.6. The second-order valence-corrected chi connectivity index (χ2v) is 4.08. The molecule has 0 atom stereocenters. The van der Waals surface area contributed by atoms with Crippen LogP contribution in [0.15, 0.2) is 72.8 Å². The van der Waals surface area contributed by atoms with Crippen LogP contribution in [0.1, 0.15) is 13.8 Å². The summed E-state index contributed by atoms with van der Waals surface area (Å²) in [4.78, 5) is 0. The van der Waals surface area contributed by atoms with Gasteiger partial charge in [0.25, 0.3) is 0 Å². The fourth-order valence-electron chi connectivity index (χ4n) is 1.13. The topological polar surface area (TPSA) is 80.9 Å². The number of benzene rings is 2. The zero-order chi connectivity index (χ0) is 16.8. The van der Waals surface area contributed by atoms with Gasteiger partial charge in [0.15, 0.2) is 0 Å². The molecule has 0 aliphatic carbocycles. The highest BCUT2D eigenvalue weighted by atomic mass is 16.3. The molecule has 0 amide bonds. The molecule has 4 nitrogen and oxygen atoms in total. The third-order valence-corrected chi connectivity index (χ3v) is 2.20. The summed E-state index contributed by atoms with van der Waals surface area (Å²) in [7, 11) is 0. The van der Waals surface area contributed by atoms with E-state index in [4.69, 9.17) is 20.4 Å². The fraction of sp³-hybridized carbons (Fsp3) is 0.111. The molecule has 0 aliphatic rings. The Kier molecular flexibility index (Phi) is 10.3. The van der Waals surface area contributed by atoms with E-state index in [0.29, 0.717) is 0 Å². The first kappa shape index (κ1) is 19.1. The molecule has 118 valence electrons. The zero-order valence-corrected chi connectivity index (χ0v) is 12.7. The first-order valence-electron chi connectivity index (χ1n) is 6.69. The SMILES string of the molecule is CC=CC=CC.Oc1ccc(O)cc1.Oc1ccc(O)cc1. The first-order valence-corrected chi connectivity index (χ1v) is 6.69. The predicted octanol–water partition coefficient (Wildman–Crippen LogP) is 4.33. The average Bonchev–Trinajstić information content (AvgIpc) is 2.52. The van der Waals surface area contributed by atoms with Crippen LogP contribution in [-0.2, 0) is 0 Å². The monoisotopic (exact) mass is 302 g/mol. The molecule has 0 heterocycles. The maximum atomic E-state index is 8.65. The van der Waals surface area contributed by atoms with Crippen molar-refractivity contribution in [3.8, 4) is 23.0 Å². The van der Waals surface area contributed by atoms with Gasteiger partial charge in [-0.2, -0.15) is 0 Å². The van der Waals surface area contributed by atoms with E-state index in [1.807, 2.05) is 38.2 Å². The van der Waals surface area contributed by atoms with Crippen molar-refractivity contribution in [2.24, 2.45) is 0 Å². The Morgan fingerprint density at radius 1 is 0.500 bits per heavy atom. The Labute approximate surface area is 130 Å². The van der Waals surface area contributed by atoms with Crippen molar-refractivity contribution in [3.05, 3.63) is 72.8 Å². The first-order chi connectivity index (χ1) is 10.5. The van der Waals surface area contributed by atoms with Gasteiger partial charge in [-0.3, -0.25) is 0 Å². The van der Waals surface area contributed by atoms with Crippen LogP contribution in [0.5, 0.6) is 23.0 Å². The molecule has 0 bridgehead atoms. The highest BCUT2D eigenvalue weighted by Crippen LogP contribution is 2.13. The molecule has 2 aromatic carbocycles. The van der Waals surface area contributed by atoms with Crippen molar-refractivity contribution in [2.75, 3.05) is 0 Å². The Bertz CT molecular complexity index is 459. The number of rotatable bonds is 1. The maximum Gasteiger partial charge on any atom is 0.115 e. The molecule has 0 radical (unpaired) electrons. The summed E-state index contributed by atoms with van der Waals surface area (Å²) in [6, 6.07) is 11.4. The third-order valence-electron chi connectivity index (χ3n) is 2.20. The molecule has 0 fully saturated rings. The van der Waals surface area contributed by atoms with Crippen LogP contribution in [0.4, 0.5) is 0 Å². The Morgan fingerprint density at radius 3 is 0.818 bits per heavy atom. The van der Waals surface area contributed by atoms with Crippen LogP contribution in [0.3, 0.4) is 0 Å². The average molecular weight is 302 g/mol. The van der Waals surface area contributed by atoms with Gasteiger partial charge in [-0.25, -0.2) is 0 Å². The summed E-state index contributed by atoms with van der Waals surface area (Å²) in [6.45, 7) is 4.00. The largest absolute Gasteiger partial charge is 0.508 e. The van der Waals surface area contributed by atoms with Crippen LogP contribution in [0.2, 0.25) is 0 Å². The molecule has 0 saturated carbocycles. The van der Waals surface area contributed by atoms with Crippen LogP contribution in [-0.4, -0.2) is 20.4 Å². The summed E-state index contributed by atoms with van der Waals surface area (Å²) < 4.78 is 0. The molecule has 0 unspecified atom stereocenters. The smallest absolute Gasteiger partial charge is 0.115 e. The normalized spacial score (nSPS) is 9.73. The van der Waals surface area contributed by atoms with Crippen LogP contribution < -0.4 is 0 Å². The van der Waals surface area contributed by atoms with Crippen molar-refractivity contribution in [2.45, 2.75) is 13.8 Å². The highest BCUT2D eigenvalue weighted by Gasteiger charge is 1.85. The van der Waals surface area contributed by atoms with E-state index >= 15 is 0 Å². The molecule has 2 aromatic rings. The lowest BCUT2D eigenvalue weighted by Crippen LogP contribution is -1.61. The molecule has 0 saturated heterocycles. The van der Waals surface area contributed by atoms with Gasteiger partial charge < -0.3 is 20.4 Å². The van der Waals surface area contributed by atoms with Gasteiger partial charge in [-0.1, -0.05) is 24.3 Å². The number of hydrogen-bond donors (Lipinski definition) is 4. The van der Waals surface area contributed by atoms with Gasteiger partial charge in [0, 0.05) is 0 Å². The molecule has 4 N–H and O–H groups in total. The predicted molar refractivity (Wildman–Crippen MR) is 89.2 cm³/mol. The molecule has 0 aliphatic heterocycles. The number of allylic oxidation sites excluding steroid dienone is 4.